The molecule has 25 heavy (non-hydrogen) atoms. The maximum atomic E-state index is 13.3. The molecule has 1 heterocycles. The van der Waals surface area contributed by atoms with E-state index in [2.05, 4.69) is 20.6 Å². The lowest BCUT2D eigenvalue weighted by Crippen LogP contribution is -2.39. The molecule has 0 saturated heterocycles. The fourth-order valence-corrected chi connectivity index (χ4v) is 3.30. The number of aromatic nitrogens is 1. The van der Waals surface area contributed by atoms with E-state index < -0.39 is 11.6 Å². The van der Waals surface area contributed by atoms with Crippen LogP contribution in [0, 0.1) is 25.5 Å². The van der Waals surface area contributed by atoms with Crippen LogP contribution in [0.25, 0.3) is 0 Å². The number of hydrogen-bond donors (Lipinski definition) is 2. The van der Waals surface area contributed by atoms with Crippen LogP contribution >= 0.6 is 35.3 Å². The van der Waals surface area contributed by atoms with E-state index in [1.807, 2.05) is 20.8 Å². The van der Waals surface area contributed by atoms with E-state index in [0.29, 0.717) is 18.1 Å². The van der Waals surface area contributed by atoms with E-state index in [0.717, 1.165) is 23.2 Å². The van der Waals surface area contributed by atoms with Gasteiger partial charge in [-0.25, -0.2) is 13.8 Å². The molecular formula is C17H23F2IN4S. The number of benzene rings is 1. The Labute approximate surface area is 168 Å². The average Bonchev–Trinajstić information content (AvgIpc) is 2.86. The van der Waals surface area contributed by atoms with Crippen LogP contribution in [0.5, 0.6) is 0 Å². The first kappa shape index (κ1) is 21.8. The molecule has 0 radical (unpaired) electrons. The third kappa shape index (κ3) is 6.18. The molecule has 138 valence electrons. The Morgan fingerprint density at radius 2 is 2.00 bits per heavy atom. The van der Waals surface area contributed by atoms with Gasteiger partial charge in [-0.15, -0.1) is 35.3 Å². The number of guanidine groups is 1. The Kier molecular flexibility index (Phi) is 8.70. The first-order valence-electron chi connectivity index (χ1n) is 7.75. The van der Waals surface area contributed by atoms with Crippen molar-refractivity contribution in [3.8, 4) is 0 Å². The third-order valence-electron chi connectivity index (χ3n) is 3.66. The summed E-state index contributed by atoms with van der Waals surface area (Å²) in [6.07, 6.45) is 0.859. The summed E-state index contributed by atoms with van der Waals surface area (Å²) in [5, 5.41) is 7.47. The van der Waals surface area contributed by atoms with Crippen LogP contribution in [-0.4, -0.2) is 24.5 Å². The maximum absolute atomic E-state index is 13.3. The zero-order valence-electron chi connectivity index (χ0n) is 14.7. The standard InChI is InChI=1S/C17H22F2N4S.HI/c1-10(13-5-6-14(18)15(19)9-13)23-17(20-4)21-8-7-16-11(2)22-12(3)24-16;/h5-6,9-10H,7-8H2,1-4H3,(H2,20,21,23);1H. The quantitative estimate of drug-likeness (QED) is 0.385. The highest BCUT2D eigenvalue weighted by molar-refractivity contribution is 14.0. The van der Waals surface area contributed by atoms with Crippen LogP contribution < -0.4 is 10.6 Å². The smallest absolute Gasteiger partial charge is 0.191 e. The molecule has 1 aromatic carbocycles. The molecule has 0 bridgehead atoms. The van der Waals surface area contributed by atoms with Gasteiger partial charge in [0.25, 0.3) is 0 Å². The van der Waals surface area contributed by atoms with E-state index >= 15 is 0 Å². The summed E-state index contributed by atoms with van der Waals surface area (Å²) in [4.78, 5) is 9.83. The molecule has 0 saturated carbocycles. The number of nitrogens with one attached hydrogen (secondary N) is 2. The van der Waals surface area contributed by atoms with Gasteiger partial charge in [0.2, 0.25) is 0 Å². The number of aliphatic imine (C=N–C) groups is 1. The van der Waals surface area contributed by atoms with Crippen LogP contribution in [-0.2, 0) is 6.42 Å². The van der Waals surface area contributed by atoms with Crippen molar-refractivity contribution in [2.24, 2.45) is 4.99 Å². The van der Waals surface area contributed by atoms with E-state index in [1.54, 1.807) is 24.5 Å². The van der Waals surface area contributed by atoms with E-state index in [9.17, 15) is 8.78 Å². The second-order valence-electron chi connectivity index (χ2n) is 5.53. The molecule has 1 atom stereocenters. The van der Waals surface area contributed by atoms with Gasteiger partial charge in [-0.1, -0.05) is 6.07 Å². The fourth-order valence-electron chi connectivity index (χ4n) is 2.36. The Morgan fingerprint density at radius 3 is 2.56 bits per heavy atom. The predicted octanol–water partition coefficient (Wildman–Crippen LogP) is 4.12. The molecule has 0 fully saturated rings. The zero-order chi connectivity index (χ0) is 17.7. The lowest BCUT2D eigenvalue weighted by molar-refractivity contribution is 0.504. The van der Waals surface area contributed by atoms with Gasteiger partial charge in [0, 0.05) is 24.9 Å². The monoisotopic (exact) mass is 480 g/mol. The predicted molar refractivity (Wildman–Crippen MR) is 110 cm³/mol. The van der Waals surface area contributed by atoms with Crippen molar-refractivity contribution in [1.29, 1.82) is 0 Å². The summed E-state index contributed by atoms with van der Waals surface area (Å²) >= 11 is 1.70. The molecule has 0 aliphatic carbocycles. The van der Waals surface area contributed by atoms with Gasteiger partial charge in [-0.05, 0) is 38.5 Å². The minimum Gasteiger partial charge on any atom is -0.356 e. The van der Waals surface area contributed by atoms with E-state index in [1.165, 1.54) is 10.9 Å². The van der Waals surface area contributed by atoms with Crippen LogP contribution in [0.1, 0.15) is 34.1 Å². The molecule has 1 unspecified atom stereocenters. The van der Waals surface area contributed by atoms with Crippen LogP contribution in [0.4, 0.5) is 8.78 Å². The Balaban J connectivity index is 0.00000312. The molecule has 0 aliphatic heterocycles. The van der Waals surface area contributed by atoms with Gasteiger partial charge in [0.05, 0.1) is 16.7 Å². The van der Waals surface area contributed by atoms with E-state index in [4.69, 9.17) is 0 Å². The molecule has 0 aliphatic rings. The summed E-state index contributed by atoms with van der Waals surface area (Å²) in [5.41, 5.74) is 1.73. The Hall–Kier alpha value is -1.29. The van der Waals surface area contributed by atoms with Crippen molar-refractivity contribution in [3.63, 3.8) is 0 Å². The van der Waals surface area contributed by atoms with Gasteiger partial charge >= 0.3 is 0 Å². The minimum absolute atomic E-state index is 0. The topological polar surface area (TPSA) is 49.3 Å². The van der Waals surface area contributed by atoms with Crippen molar-refractivity contribution in [2.75, 3.05) is 13.6 Å². The van der Waals surface area contributed by atoms with Crippen LogP contribution in [0.2, 0.25) is 0 Å². The van der Waals surface area contributed by atoms with Gasteiger partial charge in [-0.2, -0.15) is 0 Å². The summed E-state index contributed by atoms with van der Waals surface area (Å²) in [6.45, 7) is 6.60. The number of halogens is 3. The average molecular weight is 480 g/mol. The van der Waals surface area contributed by atoms with Gasteiger partial charge < -0.3 is 10.6 Å². The highest BCUT2D eigenvalue weighted by atomic mass is 127. The summed E-state index contributed by atoms with van der Waals surface area (Å²) in [7, 11) is 1.68. The highest BCUT2D eigenvalue weighted by Gasteiger charge is 2.11. The van der Waals surface area contributed by atoms with Crippen LogP contribution in [0.3, 0.4) is 0 Å². The van der Waals surface area contributed by atoms with Crippen molar-refractivity contribution >= 4 is 41.3 Å². The molecule has 2 aromatic rings. The number of thiazole rings is 1. The van der Waals surface area contributed by atoms with Gasteiger partial charge in [0.15, 0.2) is 17.6 Å². The van der Waals surface area contributed by atoms with Gasteiger partial charge in [0.1, 0.15) is 0 Å². The Morgan fingerprint density at radius 1 is 1.28 bits per heavy atom. The normalized spacial score (nSPS) is 12.5. The molecule has 2 rings (SSSR count). The maximum Gasteiger partial charge on any atom is 0.191 e. The summed E-state index contributed by atoms with van der Waals surface area (Å²) in [5.74, 6) is -1.07. The first-order valence-corrected chi connectivity index (χ1v) is 8.57. The van der Waals surface area contributed by atoms with Crippen molar-refractivity contribution in [3.05, 3.63) is 51.0 Å². The number of nitrogens with zero attached hydrogens (tertiary/aromatic N) is 2. The second kappa shape index (κ2) is 10.0. The minimum atomic E-state index is -0.847. The lowest BCUT2D eigenvalue weighted by atomic mass is 10.1. The summed E-state index contributed by atoms with van der Waals surface area (Å²) in [6, 6.07) is 3.70. The molecule has 4 nitrogen and oxygen atoms in total. The SMILES string of the molecule is CN=C(NCCc1sc(C)nc1C)NC(C)c1ccc(F)c(F)c1.I. The number of aryl methyl sites for hydroxylation is 2. The molecule has 1 aromatic heterocycles. The summed E-state index contributed by atoms with van der Waals surface area (Å²) < 4.78 is 26.4. The van der Waals surface area contributed by atoms with Gasteiger partial charge in [-0.3, -0.25) is 4.99 Å². The molecule has 8 heteroatoms. The fraction of sp³-hybridized carbons (Fsp3) is 0.412. The van der Waals surface area contributed by atoms with Crippen molar-refractivity contribution < 1.29 is 8.78 Å². The zero-order valence-corrected chi connectivity index (χ0v) is 17.8. The first-order chi connectivity index (χ1) is 11.4. The van der Waals surface area contributed by atoms with Crippen molar-refractivity contribution in [2.45, 2.75) is 33.2 Å². The van der Waals surface area contributed by atoms with E-state index in [-0.39, 0.29) is 30.0 Å². The number of hydrogen-bond acceptors (Lipinski definition) is 3. The molecular weight excluding hydrogens is 457 g/mol. The molecule has 0 spiro atoms. The molecule has 2 N–H and O–H groups in total. The highest BCUT2D eigenvalue weighted by Crippen LogP contribution is 2.17. The van der Waals surface area contributed by atoms with Crippen LogP contribution in [0.15, 0.2) is 23.2 Å². The van der Waals surface area contributed by atoms with Crippen molar-refractivity contribution in [1.82, 2.24) is 15.6 Å². The third-order valence-corrected chi connectivity index (χ3v) is 4.80. The number of rotatable bonds is 5. The second-order valence-corrected chi connectivity index (χ2v) is 6.82. The molecule has 0 amide bonds. The Bertz CT molecular complexity index is 733. The largest absolute Gasteiger partial charge is 0.356 e. The lowest BCUT2D eigenvalue weighted by Gasteiger charge is -2.18.